The van der Waals surface area contributed by atoms with Gasteiger partial charge in [-0.3, -0.25) is 0 Å². The third-order valence-corrected chi connectivity index (χ3v) is 11.2. The van der Waals surface area contributed by atoms with Crippen LogP contribution in [0.1, 0.15) is 116 Å². The maximum absolute atomic E-state index is 12.0. The van der Waals surface area contributed by atoms with Gasteiger partial charge in [0.2, 0.25) is 0 Å². The van der Waals surface area contributed by atoms with Crippen LogP contribution in [0.3, 0.4) is 0 Å². The summed E-state index contributed by atoms with van der Waals surface area (Å²) in [4.78, 5) is 36.0. The molecule has 0 heterocycles. The summed E-state index contributed by atoms with van der Waals surface area (Å²) >= 11 is 0. The molecule has 0 unspecified atom stereocenters. The molecule has 0 amide bonds. The van der Waals surface area contributed by atoms with Crippen LogP contribution in [0.2, 0.25) is 0 Å². The van der Waals surface area contributed by atoms with Crippen molar-refractivity contribution < 1.29 is 14.7 Å². The summed E-state index contributed by atoms with van der Waals surface area (Å²) in [5.41, 5.74) is 1.61. The Hall–Kier alpha value is -1.25. The fourth-order valence-electron chi connectivity index (χ4n) is 5.60. The van der Waals surface area contributed by atoms with E-state index in [-0.39, 0.29) is 6.16 Å². The molecule has 3 nitrogen and oxygen atoms in total. The zero-order valence-electron chi connectivity index (χ0n) is 23.4. The predicted molar refractivity (Wildman–Crippen MR) is 157 cm³/mol. The van der Waals surface area contributed by atoms with E-state index in [1.165, 1.54) is 25.7 Å². The molecule has 204 valence electrons. The Morgan fingerprint density at radius 2 is 0.944 bits per heavy atom. The van der Waals surface area contributed by atoms with Crippen molar-refractivity contribution in [3.05, 3.63) is 71.8 Å². The molecular weight excluding hydrogens is 463 g/mol. The van der Waals surface area contributed by atoms with Crippen LogP contribution in [0.5, 0.6) is 0 Å². The van der Waals surface area contributed by atoms with E-state index in [2.05, 4.69) is 27.7 Å². The molecule has 0 aliphatic carbocycles. The number of unbranched alkanes of at least 4 members (excludes halogenated alkanes) is 7. The van der Waals surface area contributed by atoms with Gasteiger partial charge in [0.05, 0.1) is 0 Å². The molecule has 0 atom stereocenters. The third-order valence-electron chi connectivity index (χ3n) is 7.71. The maximum atomic E-state index is 12.0. The van der Waals surface area contributed by atoms with Gasteiger partial charge in [0.1, 0.15) is 0 Å². The van der Waals surface area contributed by atoms with Crippen LogP contribution in [-0.4, -0.2) is 20.8 Å². The van der Waals surface area contributed by atoms with E-state index in [1.807, 2.05) is 60.7 Å². The number of benzene rings is 2. The summed E-state index contributed by atoms with van der Waals surface area (Å²) in [6.07, 6.45) is 12.2. The van der Waals surface area contributed by atoms with E-state index >= 15 is 0 Å². The van der Waals surface area contributed by atoms with Crippen molar-refractivity contribution in [2.24, 2.45) is 11.8 Å². The second-order valence-electron chi connectivity index (χ2n) is 11.8. The van der Waals surface area contributed by atoms with Crippen molar-refractivity contribution in [3.63, 3.8) is 0 Å². The molecule has 0 aliphatic heterocycles. The van der Waals surface area contributed by atoms with Crippen molar-refractivity contribution >= 4 is 7.28 Å². The fraction of sp³-hybridized carbons (Fsp3) is 0.625. The zero-order chi connectivity index (χ0) is 26.5. The summed E-state index contributed by atoms with van der Waals surface area (Å²) in [5, 5.41) is -1.20. The molecule has 2 aromatic carbocycles. The van der Waals surface area contributed by atoms with Crippen LogP contribution in [0.15, 0.2) is 60.7 Å². The topological polar surface area (TPSA) is 60.7 Å². The first-order chi connectivity index (χ1) is 17.1. The van der Waals surface area contributed by atoms with Crippen molar-refractivity contribution in [3.8, 4) is 0 Å². The van der Waals surface area contributed by atoms with Gasteiger partial charge < -0.3 is 0 Å². The van der Waals surface area contributed by atoms with Gasteiger partial charge in [0.25, 0.3) is 0 Å². The van der Waals surface area contributed by atoms with Gasteiger partial charge in [0, 0.05) is 0 Å². The minimum absolute atomic E-state index is 0.0485. The van der Waals surface area contributed by atoms with Gasteiger partial charge in [-0.25, -0.2) is 0 Å². The van der Waals surface area contributed by atoms with E-state index in [9.17, 15) is 14.7 Å². The van der Waals surface area contributed by atoms with E-state index < -0.39 is 12.4 Å². The van der Waals surface area contributed by atoms with Crippen LogP contribution < -0.4 is 0 Å². The Bertz CT molecular complexity index is 800. The second-order valence-corrected chi connectivity index (χ2v) is 15.3. The standard InChI is InChI=1S/C32H53O3P/c1-28(2)20-12-6-5-9-19-27-36(33,34,35)32(30-22-14-10-15-23-30,31-24-16-11-17-25-31)26-18-8-7-13-21-29(3)4/h10-11,14-17,22-25,28-29,33-35H,5-9,12-13,18-21,26-27H2,1-4H3. The molecule has 0 saturated carbocycles. The van der Waals surface area contributed by atoms with Crippen LogP contribution in [0.25, 0.3) is 0 Å². The van der Waals surface area contributed by atoms with E-state index in [0.717, 1.165) is 55.6 Å². The molecule has 0 bridgehead atoms. The van der Waals surface area contributed by atoms with Gasteiger partial charge in [-0.2, -0.15) is 0 Å². The van der Waals surface area contributed by atoms with E-state index in [0.29, 0.717) is 18.8 Å². The second kappa shape index (κ2) is 14.6. The third kappa shape index (κ3) is 8.95. The Morgan fingerprint density at radius 1 is 0.556 bits per heavy atom. The van der Waals surface area contributed by atoms with Gasteiger partial charge in [-0.15, -0.1) is 0 Å². The molecule has 0 aromatic heterocycles. The first-order valence-electron chi connectivity index (χ1n) is 14.4. The van der Waals surface area contributed by atoms with Crippen molar-refractivity contribution in [1.82, 2.24) is 0 Å². The Morgan fingerprint density at radius 3 is 1.39 bits per heavy atom. The summed E-state index contributed by atoms with van der Waals surface area (Å²) < 4.78 is 0. The minimum atomic E-state index is -5.14. The molecule has 2 rings (SSSR count). The number of hydrogen-bond donors (Lipinski definition) is 3. The van der Waals surface area contributed by atoms with Gasteiger partial charge in [0.15, 0.2) is 0 Å². The molecule has 4 heteroatoms. The van der Waals surface area contributed by atoms with Gasteiger partial charge >= 0.3 is 222 Å². The first kappa shape index (κ1) is 31.0. The molecule has 0 aliphatic rings. The molecule has 0 saturated heterocycles. The summed E-state index contributed by atoms with van der Waals surface area (Å²) in [6.45, 7) is 9.02. The van der Waals surface area contributed by atoms with Gasteiger partial charge in [-0.1, -0.05) is 0 Å². The van der Waals surface area contributed by atoms with Crippen molar-refractivity contribution in [1.29, 1.82) is 0 Å². The molecule has 2 aromatic rings. The molecule has 36 heavy (non-hydrogen) atoms. The number of rotatable bonds is 18. The Labute approximate surface area is 221 Å². The van der Waals surface area contributed by atoms with Crippen LogP contribution in [-0.2, 0) is 5.16 Å². The molecule has 0 fully saturated rings. The fourth-order valence-corrected chi connectivity index (χ4v) is 8.76. The van der Waals surface area contributed by atoms with Crippen molar-refractivity contribution in [2.75, 3.05) is 6.16 Å². The van der Waals surface area contributed by atoms with Crippen LogP contribution in [0.4, 0.5) is 0 Å². The Kier molecular flexibility index (Phi) is 12.6. The van der Waals surface area contributed by atoms with Crippen LogP contribution in [0, 0.1) is 11.8 Å². The van der Waals surface area contributed by atoms with Gasteiger partial charge in [-0.05, 0) is 0 Å². The molecule has 0 spiro atoms. The quantitative estimate of drug-likeness (QED) is 0.137. The summed E-state index contributed by atoms with van der Waals surface area (Å²) in [6, 6.07) is 19.5. The van der Waals surface area contributed by atoms with Crippen LogP contribution >= 0.6 is 7.28 Å². The van der Waals surface area contributed by atoms with Crippen molar-refractivity contribution in [2.45, 2.75) is 110 Å². The van der Waals surface area contributed by atoms with E-state index in [1.54, 1.807) is 0 Å². The number of hydrogen-bond acceptors (Lipinski definition) is 3. The SMILES string of the molecule is CC(C)CCCCCCCP(O)(O)(O)C(CCCCCCC(C)C)(c1ccccc1)c1ccccc1. The Balaban J connectivity index is 2.28. The normalized spacial score (nSPS) is 13.8. The first-order valence-corrected chi connectivity index (χ1v) is 16.7. The average Bonchev–Trinajstić information content (AvgIpc) is 2.83. The summed E-state index contributed by atoms with van der Waals surface area (Å²) in [7, 11) is -5.14. The van der Waals surface area contributed by atoms with E-state index in [4.69, 9.17) is 0 Å². The predicted octanol–water partition coefficient (Wildman–Crippen LogP) is 9.20. The average molecular weight is 517 g/mol. The monoisotopic (exact) mass is 516 g/mol. The molecule has 0 radical (unpaired) electrons. The zero-order valence-corrected chi connectivity index (χ0v) is 24.3. The molecular formula is C32H53O3P. The molecule has 3 N–H and O–H groups in total. The summed E-state index contributed by atoms with van der Waals surface area (Å²) in [5.74, 6) is 1.43.